The fourth-order valence-corrected chi connectivity index (χ4v) is 4.05. The zero-order chi connectivity index (χ0) is 23.5. The van der Waals surface area contributed by atoms with E-state index in [-0.39, 0.29) is 24.5 Å². The van der Waals surface area contributed by atoms with Gasteiger partial charge in [-0.25, -0.2) is 4.98 Å². The number of amides is 2. The summed E-state index contributed by atoms with van der Waals surface area (Å²) in [4.78, 5) is 30.9. The number of nitrogens with zero attached hydrogens (tertiary/aromatic N) is 4. The Morgan fingerprint density at radius 3 is 2.52 bits per heavy atom. The van der Waals surface area contributed by atoms with Gasteiger partial charge in [-0.1, -0.05) is 12.1 Å². The first-order valence-electron chi connectivity index (χ1n) is 10.9. The number of fused-ring (bicyclic) bond motifs is 1. The Morgan fingerprint density at radius 1 is 1.18 bits per heavy atom. The van der Waals surface area contributed by atoms with Crippen molar-refractivity contribution >= 4 is 29.1 Å². The first-order valence-corrected chi connectivity index (χ1v) is 10.9. The number of aromatic nitrogens is 3. The lowest BCUT2D eigenvalue weighted by Gasteiger charge is -2.33. The number of carbonyl (C=O) groups is 2. The van der Waals surface area contributed by atoms with E-state index < -0.39 is 6.10 Å². The van der Waals surface area contributed by atoms with Gasteiger partial charge in [0.2, 0.25) is 5.91 Å². The molecule has 10 nitrogen and oxygen atoms in total. The van der Waals surface area contributed by atoms with E-state index in [1.54, 1.807) is 34.8 Å². The van der Waals surface area contributed by atoms with Crippen LogP contribution in [0.25, 0.3) is 5.65 Å². The maximum Gasteiger partial charge on any atom is 0.256 e. The van der Waals surface area contributed by atoms with Crippen LogP contribution in [0.4, 0.5) is 11.6 Å². The standard InChI is InChI=1S/C23H28N6O4/c1-14-11-21-25-20(26-23(33)17-5-3-16(4-6-17)19(32)13-30)12-22(29(21)27-14)28-9-7-18(8-10-28)24-15(2)31/h3-6,11-12,18-19,30,32H,7-10,13H2,1-2H3,(H,24,31)(H,25,26,33). The summed E-state index contributed by atoms with van der Waals surface area (Å²) >= 11 is 0. The molecule has 1 aliphatic heterocycles. The number of piperidine rings is 1. The maximum absolute atomic E-state index is 12.8. The average Bonchev–Trinajstić information content (AvgIpc) is 3.18. The van der Waals surface area contributed by atoms with E-state index in [4.69, 9.17) is 5.11 Å². The highest BCUT2D eigenvalue weighted by atomic mass is 16.3. The summed E-state index contributed by atoms with van der Waals surface area (Å²) in [5, 5.41) is 29.2. The number of rotatable bonds is 6. The molecule has 174 valence electrons. The van der Waals surface area contributed by atoms with E-state index in [1.165, 1.54) is 6.92 Å². The molecule has 0 spiro atoms. The molecule has 0 saturated carbocycles. The van der Waals surface area contributed by atoms with Crippen molar-refractivity contribution in [2.45, 2.75) is 38.8 Å². The van der Waals surface area contributed by atoms with E-state index >= 15 is 0 Å². The third kappa shape index (κ3) is 5.12. The molecular formula is C23H28N6O4. The maximum atomic E-state index is 12.8. The van der Waals surface area contributed by atoms with Crippen molar-refractivity contribution in [2.75, 3.05) is 29.9 Å². The highest BCUT2D eigenvalue weighted by Gasteiger charge is 2.23. The van der Waals surface area contributed by atoms with Gasteiger partial charge in [0.15, 0.2) is 5.65 Å². The Bertz CT molecular complexity index is 1150. The summed E-state index contributed by atoms with van der Waals surface area (Å²) < 4.78 is 1.77. The summed E-state index contributed by atoms with van der Waals surface area (Å²) in [7, 11) is 0. The molecule has 4 rings (SSSR count). The van der Waals surface area contributed by atoms with E-state index in [0.29, 0.717) is 22.6 Å². The number of aryl methyl sites for hydroxylation is 1. The van der Waals surface area contributed by atoms with E-state index in [9.17, 15) is 14.7 Å². The minimum Gasteiger partial charge on any atom is -0.393 e. The van der Waals surface area contributed by atoms with E-state index in [1.807, 2.05) is 13.0 Å². The van der Waals surface area contributed by atoms with Crippen LogP contribution in [0.1, 0.15) is 47.5 Å². The monoisotopic (exact) mass is 452 g/mol. The topological polar surface area (TPSA) is 132 Å². The minimum absolute atomic E-state index is 0.0219. The van der Waals surface area contributed by atoms with Gasteiger partial charge in [0.1, 0.15) is 17.7 Å². The molecule has 1 aliphatic rings. The highest BCUT2D eigenvalue weighted by Crippen LogP contribution is 2.25. The largest absolute Gasteiger partial charge is 0.393 e. The van der Waals surface area contributed by atoms with Crippen molar-refractivity contribution in [3.8, 4) is 0 Å². The third-order valence-electron chi connectivity index (χ3n) is 5.73. The van der Waals surface area contributed by atoms with Crippen molar-refractivity contribution in [1.82, 2.24) is 19.9 Å². The number of benzene rings is 1. The fourth-order valence-electron chi connectivity index (χ4n) is 4.05. The van der Waals surface area contributed by atoms with Gasteiger partial charge >= 0.3 is 0 Å². The van der Waals surface area contributed by atoms with Crippen molar-refractivity contribution in [2.24, 2.45) is 0 Å². The number of anilines is 2. The molecule has 0 radical (unpaired) electrons. The number of carbonyl (C=O) groups excluding carboxylic acids is 2. The van der Waals surface area contributed by atoms with Crippen LogP contribution < -0.4 is 15.5 Å². The second-order valence-corrected chi connectivity index (χ2v) is 8.29. The third-order valence-corrected chi connectivity index (χ3v) is 5.73. The molecule has 1 aromatic carbocycles. The van der Waals surface area contributed by atoms with Crippen LogP contribution in [0.2, 0.25) is 0 Å². The second kappa shape index (κ2) is 9.55. The number of hydrogen-bond donors (Lipinski definition) is 4. The SMILES string of the molecule is CC(=O)NC1CCN(c2cc(NC(=O)c3ccc(C(O)CO)cc3)nc3cc(C)nn23)CC1. The van der Waals surface area contributed by atoms with Gasteiger partial charge in [0.05, 0.1) is 12.3 Å². The average molecular weight is 453 g/mol. The Hall–Kier alpha value is -3.50. The van der Waals surface area contributed by atoms with Crippen LogP contribution in [0, 0.1) is 6.92 Å². The summed E-state index contributed by atoms with van der Waals surface area (Å²) in [6.07, 6.45) is 0.656. The first-order chi connectivity index (χ1) is 15.8. The van der Waals surface area contributed by atoms with Crippen LogP contribution in [0.5, 0.6) is 0 Å². The van der Waals surface area contributed by atoms with Gasteiger partial charge in [-0.15, -0.1) is 0 Å². The quantitative estimate of drug-likeness (QED) is 0.445. The van der Waals surface area contributed by atoms with E-state index in [0.717, 1.165) is 37.4 Å². The van der Waals surface area contributed by atoms with Crippen LogP contribution >= 0.6 is 0 Å². The first kappa shape index (κ1) is 22.7. The molecular weight excluding hydrogens is 424 g/mol. The van der Waals surface area contributed by atoms with Crippen molar-refractivity contribution < 1.29 is 19.8 Å². The molecule has 3 aromatic rings. The van der Waals surface area contributed by atoms with Crippen LogP contribution in [-0.2, 0) is 4.79 Å². The molecule has 2 amide bonds. The van der Waals surface area contributed by atoms with Gasteiger partial charge in [0, 0.05) is 43.8 Å². The molecule has 2 aromatic heterocycles. The molecule has 1 unspecified atom stereocenters. The van der Waals surface area contributed by atoms with Gasteiger partial charge in [-0.05, 0) is 37.5 Å². The second-order valence-electron chi connectivity index (χ2n) is 8.29. The van der Waals surface area contributed by atoms with Crippen LogP contribution in [-0.4, -0.2) is 62.4 Å². The predicted molar refractivity (Wildman–Crippen MR) is 123 cm³/mol. The number of hydrogen-bond acceptors (Lipinski definition) is 7. The van der Waals surface area contributed by atoms with Gasteiger partial charge < -0.3 is 25.7 Å². The summed E-state index contributed by atoms with van der Waals surface area (Å²) in [5.41, 5.74) is 2.39. The summed E-state index contributed by atoms with van der Waals surface area (Å²) in [5.74, 6) is 0.881. The van der Waals surface area contributed by atoms with Gasteiger partial charge in [0.25, 0.3) is 5.91 Å². The molecule has 0 bridgehead atoms. The number of aliphatic hydroxyl groups excluding tert-OH is 2. The molecule has 1 fully saturated rings. The fraction of sp³-hybridized carbons (Fsp3) is 0.391. The van der Waals surface area contributed by atoms with Gasteiger partial charge in [-0.2, -0.15) is 9.61 Å². The number of aliphatic hydroxyl groups is 2. The highest BCUT2D eigenvalue weighted by molar-refractivity contribution is 6.04. The van der Waals surface area contributed by atoms with E-state index in [2.05, 4.69) is 25.6 Å². The van der Waals surface area contributed by atoms with Crippen molar-refractivity contribution in [1.29, 1.82) is 0 Å². The van der Waals surface area contributed by atoms with Crippen LogP contribution in [0.15, 0.2) is 36.4 Å². The zero-order valence-corrected chi connectivity index (χ0v) is 18.7. The minimum atomic E-state index is -0.978. The molecule has 3 heterocycles. The molecule has 10 heteroatoms. The lowest BCUT2D eigenvalue weighted by Crippen LogP contribution is -2.44. The Kier molecular flexibility index (Phi) is 6.57. The Morgan fingerprint density at radius 2 is 1.88 bits per heavy atom. The summed E-state index contributed by atoms with van der Waals surface area (Å²) in [6, 6.07) is 10.2. The normalized spacial score (nSPS) is 15.5. The van der Waals surface area contributed by atoms with Crippen molar-refractivity contribution in [3.63, 3.8) is 0 Å². The lowest BCUT2D eigenvalue weighted by atomic mass is 10.1. The smallest absolute Gasteiger partial charge is 0.256 e. The van der Waals surface area contributed by atoms with Crippen LogP contribution in [0.3, 0.4) is 0 Å². The predicted octanol–water partition coefficient (Wildman–Crippen LogP) is 1.42. The molecule has 4 N–H and O–H groups in total. The molecule has 1 atom stereocenters. The molecule has 1 saturated heterocycles. The summed E-state index contributed by atoms with van der Waals surface area (Å²) in [6.45, 7) is 4.52. The van der Waals surface area contributed by atoms with Crippen molar-refractivity contribution in [3.05, 3.63) is 53.2 Å². The molecule has 0 aliphatic carbocycles. The Balaban J connectivity index is 1.55. The Labute approximate surface area is 191 Å². The van der Waals surface area contributed by atoms with Gasteiger partial charge in [-0.3, -0.25) is 9.59 Å². The zero-order valence-electron chi connectivity index (χ0n) is 18.7. The lowest BCUT2D eigenvalue weighted by molar-refractivity contribution is -0.119. The molecule has 33 heavy (non-hydrogen) atoms. The number of nitrogens with one attached hydrogen (secondary N) is 2.